The van der Waals surface area contributed by atoms with Crippen molar-refractivity contribution in [1.29, 1.82) is 0 Å². The standard InChI is InChI=1S/C24H26N4O4S/c1-14-10-15(2)12-18(11-14)28-22(30)20(13-17-6-8-19(32-5)9-7-17)26-24(28)33-16(3)21(29)27-23(31)25-4/h6-13,16H,1-5H3,(H2,25,27,29,31). The van der Waals surface area contributed by atoms with Crippen LogP contribution in [0.5, 0.6) is 5.75 Å². The number of aryl methyl sites for hydroxylation is 2. The molecule has 33 heavy (non-hydrogen) atoms. The van der Waals surface area contributed by atoms with Crippen molar-refractivity contribution in [2.45, 2.75) is 26.0 Å². The van der Waals surface area contributed by atoms with E-state index in [4.69, 9.17) is 4.74 Å². The number of aliphatic imine (C=N–C) groups is 1. The van der Waals surface area contributed by atoms with E-state index in [1.807, 2.05) is 44.2 Å². The molecule has 0 fully saturated rings. The van der Waals surface area contributed by atoms with Crippen LogP contribution in [0.4, 0.5) is 10.5 Å². The number of carbonyl (C=O) groups excluding carboxylic acids is 3. The van der Waals surface area contributed by atoms with Crippen LogP contribution in [0.25, 0.3) is 6.08 Å². The maximum absolute atomic E-state index is 13.4. The Morgan fingerprint density at radius 2 is 1.76 bits per heavy atom. The Bertz CT molecular complexity index is 1120. The van der Waals surface area contributed by atoms with Crippen LogP contribution >= 0.6 is 11.8 Å². The third-order valence-corrected chi connectivity index (χ3v) is 5.88. The number of amidine groups is 1. The molecule has 172 valence electrons. The van der Waals surface area contributed by atoms with Gasteiger partial charge < -0.3 is 10.1 Å². The largest absolute Gasteiger partial charge is 0.497 e. The highest BCUT2D eigenvalue weighted by Crippen LogP contribution is 2.32. The Morgan fingerprint density at radius 3 is 2.33 bits per heavy atom. The summed E-state index contributed by atoms with van der Waals surface area (Å²) in [6, 6.07) is 12.5. The number of hydrogen-bond acceptors (Lipinski definition) is 6. The van der Waals surface area contributed by atoms with Crippen molar-refractivity contribution in [3.63, 3.8) is 0 Å². The molecule has 4 amide bonds. The molecule has 2 aromatic rings. The maximum atomic E-state index is 13.4. The predicted octanol–water partition coefficient (Wildman–Crippen LogP) is 3.63. The normalized spacial score (nSPS) is 15.3. The van der Waals surface area contributed by atoms with Gasteiger partial charge in [-0.2, -0.15) is 0 Å². The number of methoxy groups -OCH3 is 1. The number of urea groups is 1. The second-order valence-corrected chi connectivity index (χ2v) is 8.82. The van der Waals surface area contributed by atoms with Crippen LogP contribution in [0.15, 0.2) is 53.2 Å². The van der Waals surface area contributed by atoms with E-state index in [0.29, 0.717) is 16.6 Å². The topological polar surface area (TPSA) is 100 Å². The van der Waals surface area contributed by atoms with Gasteiger partial charge in [0.1, 0.15) is 11.4 Å². The van der Waals surface area contributed by atoms with Gasteiger partial charge in [-0.3, -0.25) is 19.8 Å². The molecule has 9 heteroatoms. The molecule has 1 aliphatic rings. The van der Waals surface area contributed by atoms with Gasteiger partial charge in [0.15, 0.2) is 5.17 Å². The van der Waals surface area contributed by atoms with E-state index in [9.17, 15) is 14.4 Å². The lowest BCUT2D eigenvalue weighted by Crippen LogP contribution is -2.42. The highest BCUT2D eigenvalue weighted by Gasteiger charge is 2.34. The number of anilines is 1. The van der Waals surface area contributed by atoms with Crippen molar-refractivity contribution in [2.24, 2.45) is 4.99 Å². The Kier molecular flexibility index (Phi) is 7.55. The number of benzene rings is 2. The molecule has 0 saturated carbocycles. The lowest BCUT2D eigenvalue weighted by molar-refractivity contribution is -0.119. The molecule has 2 N–H and O–H groups in total. The summed E-state index contributed by atoms with van der Waals surface area (Å²) in [5.41, 5.74) is 3.71. The van der Waals surface area contributed by atoms with Crippen molar-refractivity contribution in [3.8, 4) is 5.75 Å². The summed E-state index contributed by atoms with van der Waals surface area (Å²) in [6.45, 7) is 5.56. The van der Waals surface area contributed by atoms with Crippen molar-refractivity contribution in [3.05, 3.63) is 64.9 Å². The van der Waals surface area contributed by atoms with Crippen LogP contribution in [0, 0.1) is 13.8 Å². The van der Waals surface area contributed by atoms with Crippen LogP contribution in [-0.4, -0.2) is 42.4 Å². The zero-order chi connectivity index (χ0) is 24.1. The fraction of sp³-hybridized carbons (Fsp3) is 0.250. The molecule has 1 unspecified atom stereocenters. The van der Waals surface area contributed by atoms with Crippen LogP contribution in [-0.2, 0) is 9.59 Å². The van der Waals surface area contributed by atoms with Crippen LogP contribution in [0.1, 0.15) is 23.6 Å². The van der Waals surface area contributed by atoms with E-state index in [1.54, 1.807) is 32.2 Å². The smallest absolute Gasteiger partial charge is 0.321 e. The summed E-state index contributed by atoms with van der Waals surface area (Å²) in [7, 11) is 3.02. The molecule has 0 spiro atoms. The van der Waals surface area contributed by atoms with Gasteiger partial charge in [-0.1, -0.05) is 30.0 Å². The second kappa shape index (κ2) is 10.4. The van der Waals surface area contributed by atoms with E-state index in [1.165, 1.54) is 11.9 Å². The van der Waals surface area contributed by atoms with Crippen LogP contribution in [0.3, 0.4) is 0 Å². The summed E-state index contributed by atoms with van der Waals surface area (Å²) >= 11 is 1.11. The minimum absolute atomic E-state index is 0.251. The number of ether oxygens (including phenoxy) is 1. The Balaban J connectivity index is 1.96. The summed E-state index contributed by atoms with van der Waals surface area (Å²) in [4.78, 5) is 43.3. The third kappa shape index (κ3) is 5.81. The van der Waals surface area contributed by atoms with Crippen molar-refractivity contribution >= 4 is 46.5 Å². The molecule has 1 atom stereocenters. The summed E-state index contributed by atoms with van der Waals surface area (Å²) in [5, 5.41) is 4.30. The molecule has 1 aliphatic heterocycles. The van der Waals surface area contributed by atoms with E-state index in [2.05, 4.69) is 15.6 Å². The van der Waals surface area contributed by atoms with Gasteiger partial charge in [-0.25, -0.2) is 9.79 Å². The summed E-state index contributed by atoms with van der Waals surface area (Å²) in [5.74, 6) is -0.0675. The summed E-state index contributed by atoms with van der Waals surface area (Å²) < 4.78 is 5.18. The molecule has 0 aliphatic carbocycles. The zero-order valence-corrected chi connectivity index (χ0v) is 19.9. The molecule has 1 heterocycles. The molecule has 3 rings (SSSR count). The SMILES string of the molecule is CNC(=O)NC(=O)C(C)SC1=NC(=Cc2ccc(OC)cc2)C(=O)N1c1cc(C)cc(C)c1. The maximum Gasteiger partial charge on any atom is 0.321 e. The number of rotatable bonds is 5. The molecule has 0 radical (unpaired) electrons. The average molecular weight is 467 g/mol. The quantitative estimate of drug-likeness (QED) is 0.656. The van der Waals surface area contributed by atoms with E-state index in [0.717, 1.165) is 28.5 Å². The van der Waals surface area contributed by atoms with Crippen LogP contribution in [0.2, 0.25) is 0 Å². The van der Waals surface area contributed by atoms with Gasteiger partial charge in [-0.05, 0) is 67.8 Å². The van der Waals surface area contributed by atoms with Gasteiger partial charge in [0.05, 0.1) is 18.0 Å². The first-order chi connectivity index (χ1) is 15.7. The number of amides is 4. The van der Waals surface area contributed by atoms with E-state index >= 15 is 0 Å². The van der Waals surface area contributed by atoms with Gasteiger partial charge in [0.2, 0.25) is 5.91 Å². The van der Waals surface area contributed by atoms with Crippen molar-refractivity contribution in [2.75, 3.05) is 19.1 Å². The first kappa shape index (κ1) is 24.1. The Hall–Kier alpha value is -3.59. The van der Waals surface area contributed by atoms with Gasteiger partial charge in [0, 0.05) is 7.05 Å². The number of nitrogens with zero attached hydrogens (tertiary/aromatic N) is 2. The fourth-order valence-corrected chi connectivity index (χ4v) is 4.16. The number of imide groups is 1. The van der Waals surface area contributed by atoms with Crippen molar-refractivity contribution in [1.82, 2.24) is 10.6 Å². The Labute approximate surface area is 197 Å². The molecule has 0 saturated heterocycles. The van der Waals surface area contributed by atoms with Gasteiger partial charge in [-0.15, -0.1) is 0 Å². The molecule has 2 aromatic carbocycles. The fourth-order valence-electron chi connectivity index (χ4n) is 3.23. The molecule has 0 bridgehead atoms. The molecule has 0 aromatic heterocycles. The van der Waals surface area contributed by atoms with Gasteiger partial charge >= 0.3 is 6.03 Å². The second-order valence-electron chi connectivity index (χ2n) is 7.51. The molecular formula is C24H26N4O4S. The van der Waals surface area contributed by atoms with Crippen molar-refractivity contribution < 1.29 is 19.1 Å². The minimum Gasteiger partial charge on any atom is -0.497 e. The molecular weight excluding hydrogens is 440 g/mol. The highest BCUT2D eigenvalue weighted by atomic mass is 32.2. The zero-order valence-electron chi connectivity index (χ0n) is 19.1. The monoisotopic (exact) mass is 466 g/mol. The number of hydrogen-bond donors (Lipinski definition) is 2. The Morgan fingerprint density at radius 1 is 1.12 bits per heavy atom. The highest BCUT2D eigenvalue weighted by molar-refractivity contribution is 8.15. The lowest BCUT2D eigenvalue weighted by Gasteiger charge is -2.20. The predicted molar refractivity (Wildman–Crippen MR) is 131 cm³/mol. The number of nitrogens with one attached hydrogen (secondary N) is 2. The number of carbonyl (C=O) groups is 3. The average Bonchev–Trinajstić information content (AvgIpc) is 3.07. The minimum atomic E-state index is -0.664. The lowest BCUT2D eigenvalue weighted by atomic mass is 10.1. The first-order valence-electron chi connectivity index (χ1n) is 10.3. The third-order valence-electron chi connectivity index (χ3n) is 4.83. The number of thioether (sulfide) groups is 1. The van der Waals surface area contributed by atoms with E-state index in [-0.39, 0.29) is 11.6 Å². The van der Waals surface area contributed by atoms with E-state index < -0.39 is 17.2 Å². The van der Waals surface area contributed by atoms with Crippen LogP contribution < -0.4 is 20.3 Å². The summed E-state index contributed by atoms with van der Waals surface area (Å²) in [6.07, 6.45) is 1.69. The van der Waals surface area contributed by atoms with Gasteiger partial charge in [0.25, 0.3) is 5.91 Å². The molecule has 8 nitrogen and oxygen atoms in total. The first-order valence-corrected chi connectivity index (χ1v) is 11.2.